The summed E-state index contributed by atoms with van der Waals surface area (Å²) in [5, 5.41) is 4.55. The molecule has 2 nitrogen and oxygen atoms in total. The van der Waals surface area contributed by atoms with Crippen molar-refractivity contribution in [3.8, 4) is 5.75 Å². The average molecular weight is 302 g/mol. The maximum Gasteiger partial charge on any atom is 0.119 e. The Labute approximate surface area is 131 Å². The molecule has 3 rings (SSSR count). The average Bonchev–Trinajstić information content (AvgIpc) is 2.89. The number of ether oxygens (including phenoxy) is 1. The van der Waals surface area contributed by atoms with Gasteiger partial charge in [0.25, 0.3) is 0 Å². The number of nitrogens with one attached hydrogen (secondary N) is 1. The molecule has 3 heteroatoms. The van der Waals surface area contributed by atoms with E-state index in [4.69, 9.17) is 16.3 Å². The Balaban J connectivity index is 1.76. The van der Waals surface area contributed by atoms with Crippen molar-refractivity contribution in [2.24, 2.45) is 0 Å². The summed E-state index contributed by atoms with van der Waals surface area (Å²) in [6.45, 7) is 2.20. The maximum atomic E-state index is 6.07. The Kier molecular flexibility index (Phi) is 4.18. The molecule has 0 spiro atoms. The van der Waals surface area contributed by atoms with Crippen LogP contribution in [0.1, 0.15) is 42.1 Å². The minimum absolute atomic E-state index is 0.284. The van der Waals surface area contributed by atoms with Crippen LogP contribution in [0.4, 0.5) is 0 Å². The molecule has 2 aromatic carbocycles. The lowest BCUT2D eigenvalue weighted by Crippen LogP contribution is -2.23. The largest absolute Gasteiger partial charge is 0.497 e. The number of methoxy groups -OCH3 is 1. The SMILES string of the molecule is COc1cccc([C@@H](C)NC2CCc3cc(Cl)ccc32)c1. The van der Waals surface area contributed by atoms with Crippen LogP contribution in [-0.4, -0.2) is 7.11 Å². The van der Waals surface area contributed by atoms with Crippen LogP contribution in [0.5, 0.6) is 5.75 Å². The molecule has 1 unspecified atom stereocenters. The fourth-order valence-electron chi connectivity index (χ4n) is 3.07. The third kappa shape index (κ3) is 3.07. The summed E-state index contributed by atoms with van der Waals surface area (Å²) in [5.74, 6) is 0.903. The van der Waals surface area contributed by atoms with E-state index in [1.807, 2.05) is 18.2 Å². The third-order valence-corrected chi connectivity index (χ3v) is 4.46. The first kappa shape index (κ1) is 14.4. The van der Waals surface area contributed by atoms with E-state index < -0.39 is 0 Å². The first-order valence-electron chi connectivity index (χ1n) is 7.35. The molecule has 110 valence electrons. The number of hydrogen-bond acceptors (Lipinski definition) is 2. The molecule has 2 atom stereocenters. The van der Waals surface area contributed by atoms with Crippen molar-refractivity contribution in [1.29, 1.82) is 0 Å². The predicted octanol–water partition coefficient (Wildman–Crippen LogP) is 4.69. The second-order valence-corrected chi connectivity index (χ2v) is 6.04. The van der Waals surface area contributed by atoms with Crippen LogP contribution in [0.3, 0.4) is 0 Å². The van der Waals surface area contributed by atoms with Crippen LogP contribution >= 0.6 is 11.6 Å². The van der Waals surface area contributed by atoms with Gasteiger partial charge in [-0.25, -0.2) is 0 Å². The standard InChI is InChI=1S/C18H20ClNO/c1-12(13-4-3-5-16(11-13)21-2)20-18-9-6-14-10-15(19)7-8-17(14)18/h3-5,7-8,10-12,18,20H,6,9H2,1-2H3/t12-,18?/m1/s1. The van der Waals surface area contributed by atoms with Crippen molar-refractivity contribution in [1.82, 2.24) is 5.32 Å². The zero-order chi connectivity index (χ0) is 14.8. The highest BCUT2D eigenvalue weighted by Gasteiger charge is 2.24. The van der Waals surface area contributed by atoms with Crippen molar-refractivity contribution < 1.29 is 4.74 Å². The quantitative estimate of drug-likeness (QED) is 0.885. The highest BCUT2D eigenvalue weighted by Crippen LogP contribution is 2.34. The summed E-state index contributed by atoms with van der Waals surface area (Å²) < 4.78 is 5.30. The van der Waals surface area contributed by atoms with Gasteiger partial charge in [-0.05, 0) is 60.7 Å². The summed E-state index contributed by atoms with van der Waals surface area (Å²) >= 11 is 6.07. The smallest absolute Gasteiger partial charge is 0.119 e. The molecule has 0 fully saturated rings. The summed E-state index contributed by atoms with van der Waals surface area (Å²) in [7, 11) is 1.70. The Bertz CT molecular complexity index is 641. The Morgan fingerprint density at radius 3 is 2.90 bits per heavy atom. The van der Waals surface area contributed by atoms with Gasteiger partial charge in [-0.1, -0.05) is 29.8 Å². The van der Waals surface area contributed by atoms with Crippen LogP contribution in [0.2, 0.25) is 5.02 Å². The van der Waals surface area contributed by atoms with Gasteiger partial charge >= 0.3 is 0 Å². The van der Waals surface area contributed by atoms with Gasteiger partial charge in [-0.15, -0.1) is 0 Å². The molecule has 0 saturated carbocycles. The Morgan fingerprint density at radius 2 is 2.10 bits per heavy atom. The van der Waals surface area contributed by atoms with Crippen molar-refractivity contribution in [2.75, 3.05) is 7.11 Å². The fraction of sp³-hybridized carbons (Fsp3) is 0.333. The van der Waals surface area contributed by atoms with Crippen LogP contribution in [0.15, 0.2) is 42.5 Å². The molecule has 0 aromatic heterocycles. The lowest BCUT2D eigenvalue weighted by molar-refractivity contribution is 0.411. The van der Waals surface area contributed by atoms with Crippen LogP contribution < -0.4 is 10.1 Å². The van der Waals surface area contributed by atoms with E-state index in [-0.39, 0.29) is 6.04 Å². The number of fused-ring (bicyclic) bond motifs is 1. The molecule has 21 heavy (non-hydrogen) atoms. The first-order valence-corrected chi connectivity index (χ1v) is 7.73. The topological polar surface area (TPSA) is 21.3 Å². The summed E-state index contributed by atoms with van der Waals surface area (Å²) in [6, 6.07) is 15.2. The molecular formula is C18H20ClNO. The van der Waals surface area contributed by atoms with Crippen molar-refractivity contribution in [2.45, 2.75) is 31.8 Å². The fourth-order valence-corrected chi connectivity index (χ4v) is 3.26. The van der Waals surface area contributed by atoms with Crippen molar-refractivity contribution >= 4 is 11.6 Å². The minimum atomic E-state index is 0.284. The van der Waals surface area contributed by atoms with Gasteiger partial charge in [-0.3, -0.25) is 0 Å². The Morgan fingerprint density at radius 1 is 1.24 bits per heavy atom. The molecule has 1 aliphatic rings. The lowest BCUT2D eigenvalue weighted by atomic mass is 10.0. The van der Waals surface area contributed by atoms with E-state index in [9.17, 15) is 0 Å². The van der Waals surface area contributed by atoms with Gasteiger partial charge in [0, 0.05) is 17.1 Å². The molecule has 1 aliphatic carbocycles. The number of benzene rings is 2. The molecule has 0 amide bonds. The van der Waals surface area contributed by atoms with E-state index in [2.05, 4.69) is 36.5 Å². The van der Waals surface area contributed by atoms with Gasteiger partial charge in [0.05, 0.1) is 7.11 Å². The Hall–Kier alpha value is -1.51. The molecule has 0 heterocycles. The van der Waals surface area contributed by atoms with E-state index in [1.54, 1.807) is 7.11 Å². The number of rotatable bonds is 4. The van der Waals surface area contributed by atoms with Crippen LogP contribution in [0, 0.1) is 0 Å². The summed E-state index contributed by atoms with van der Waals surface area (Å²) in [6.07, 6.45) is 2.22. The number of aryl methyl sites for hydroxylation is 1. The van der Waals surface area contributed by atoms with Gasteiger partial charge in [0.15, 0.2) is 0 Å². The molecular weight excluding hydrogens is 282 g/mol. The normalized spacial score (nSPS) is 18.3. The monoisotopic (exact) mass is 301 g/mol. The van der Waals surface area contributed by atoms with Crippen LogP contribution in [0.25, 0.3) is 0 Å². The van der Waals surface area contributed by atoms with Gasteiger partial charge in [0.1, 0.15) is 5.75 Å². The molecule has 2 aromatic rings. The van der Waals surface area contributed by atoms with E-state index in [1.165, 1.54) is 16.7 Å². The van der Waals surface area contributed by atoms with Crippen LogP contribution in [-0.2, 0) is 6.42 Å². The zero-order valence-corrected chi connectivity index (χ0v) is 13.2. The van der Waals surface area contributed by atoms with E-state index in [0.717, 1.165) is 23.6 Å². The third-order valence-electron chi connectivity index (χ3n) is 4.23. The summed E-state index contributed by atoms with van der Waals surface area (Å²) in [4.78, 5) is 0. The molecule has 0 radical (unpaired) electrons. The summed E-state index contributed by atoms with van der Waals surface area (Å²) in [5.41, 5.74) is 4.00. The second kappa shape index (κ2) is 6.08. The van der Waals surface area contributed by atoms with Crippen molar-refractivity contribution in [3.05, 3.63) is 64.2 Å². The van der Waals surface area contributed by atoms with E-state index in [0.29, 0.717) is 6.04 Å². The maximum absolute atomic E-state index is 6.07. The van der Waals surface area contributed by atoms with E-state index >= 15 is 0 Å². The van der Waals surface area contributed by atoms with Crippen molar-refractivity contribution in [3.63, 3.8) is 0 Å². The molecule has 0 bridgehead atoms. The molecule has 0 aliphatic heterocycles. The minimum Gasteiger partial charge on any atom is -0.497 e. The highest BCUT2D eigenvalue weighted by atomic mass is 35.5. The number of halogens is 1. The van der Waals surface area contributed by atoms with Gasteiger partial charge in [-0.2, -0.15) is 0 Å². The predicted molar refractivity (Wildman–Crippen MR) is 87.1 cm³/mol. The molecule has 0 saturated heterocycles. The zero-order valence-electron chi connectivity index (χ0n) is 12.4. The van der Waals surface area contributed by atoms with Gasteiger partial charge in [0.2, 0.25) is 0 Å². The first-order chi connectivity index (χ1) is 10.2. The number of hydrogen-bond donors (Lipinski definition) is 1. The molecule has 1 N–H and O–H groups in total. The second-order valence-electron chi connectivity index (χ2n) is 5.60. The van der Waals surface area contributed by atoms with Gasteiger partial charge < -0.3 is 10.1 Å². The highest BCUT2D eigenvalue weighted by molar-refractivity contribution is 6.30. The lowest BCUT2D eigenvalue weighted by Gasteiger charge is -2.21.